The molecule has 0 radical (unpaired) electrons. The Kier molecular flexibility index (Phi) is 4.10. The van der Waals surface area contributed by atoms with Gasteiger partial charge in [-0.15, -0.1) is 11.3 Å². The molecule has 1 amide bonds. The van der Waals surface area contributed by atoms with Crippen molar-refractivity contribution in [3.05, 3.63) is 46.2 Å². The molecule has 0 saturated heterocycles. The number of hydrogen-bond acceptors (Lipinski definition) is 4. The minimum Gasteiger partial charge on any atom is -0.354 e. The van der Waals surface area contributed by atoms with Crippen LogP contribution in [-0.2, 0) is 10.0 Å². The molecule has 5 nitrogen and oxygen atoms in total. The highest BCUT2D eigenvalue weighted by Gasteiger charge is 2.22. The molecule has 2 rings (SSSR count). The van der Waals surface area contributed by atoms with Gasteiger partial charge in [0.25, 0.3) is 15.9 Å². The summed E-state index contributed by atoms with van der Waals surface area (Å²) in [7, 11) is -2.18. The van der Waals surface area contributed by atoms with Crippen molar-refractivity contribution in [1.29, 1.82) is 0 Å². The van der Waals surface area contributed by atoms with Crippen LogP contribution in [0.5, 0.6) is 0 Å². The Balaban J connectivity index is 2.35. The number of para-hydroxylation sites is 1. The fourth-order valence-electron chi connectivity index (χ4n) is 1.68. The molecule has 0 unspecified atom stereocenters. The Labute approximate surface area is 121 Å². The minimum atomic E-state index is -3.68. The molecule has 1 aromatic heterocycles. The first-order valence-electron chi connectivity index (χ1n) is 5.84. The van der Waals surface area contributed by atoms with E-state index in [0.717, 1.165) is 11.3 Å². The van der Waals surface area contributed by atoms with Gasteiger partial charge in [-0.05, 0) is 25.1 Å². The van der Waals surface area contributed by atoms with Crippen LogP contribution >= 0.6 is 11.3 Å². The second kappa shape index (κ2) is 5.64. The minimum absolute atomic E-state index is 0.130. The molecule has 1 heterocycles. The van der Waals surface area contributed by atoms with E-state index in [1.54, 1.807) is 37.3 Å². The largest absolute Gasteiger partial charge is 0.354 e. The van der Waals surface area contributed by atoms with Gasteiger partial charge in [-0.1, -0.05) is 18.2 Å². The van der Waals surface area contributed by atoms with Crippen LogP contribution in [-0.4, -0.2) is 21.4 Å². The molecular formula is C13H14N2O3S2. The van der Waals surface area contributed by atoms with Crippen molar-refractivity contribution >= 4 is 33.0 Å². The van der Waals surface area contributed by atoms with Crippen LogP contribution in [0.4, 0.5) is 5.69 Å². The molecule has 1 aromatic carbocycles. The molecule has 2 aromatic rings. The Bertz CT molecular complexity index is 721. The number of amides is 1. The summed E-state index contributed by atoms with van der Waals surface area (Å²) < 4.78 is 27.1. The van der Waals surface area contributed by atoms with E-state index < -0.39 is 10.0 Å². The highest BCUT2D eigenvalue weighted by molar-refractivity contribution is 7.93. The monoisotopic (exact) mass is 310 g/mol. The van der Waals surface area contributed by atoms with E-state index in [-0.39, 0.29) is 10.8 Å². The van der Waals surface area contributed by atoms with Gasteiger partial charge in [-0.25, -0.2) is 8.42 Å². The van der Waals surface area contributed by atoms with Gasteiger partial charge in [0.05, 0.1) is 4.88 Å². The summed E-state index contributed by atoms with van der Waals surface area (Å²) in [6.45, 7) is 1.68. The van der Waals surface area contributed by atoms with Gasteiger partial charge >= 0.3 is 0 Å². The number of sulfonamides is 1. The third-order valence-corrected chi connectivity index (χ3v) is 5.32. The Hall–Kier alpha value is -1.86. The lowest BCUT2D eigenvalue weighted by molar-refractivity contribution is 0.0967. The zero-order valence-corrected chi connectivity index (χ0v) is 12.6. The normalized spacial score (nSPS) is 11.1. The van der Waals surface area contributed by atoms with Crippen molar-refractivity contribution in [3.63, 3.8) is 0 Å². The molecule has 2 N–H and O–H groups in total. The van der Waals surface area contributed by atoms with Crippen LogP contribution in [0.2, 0.25) is 0 Å². The van der Waals surface area contributed by atoms with E-state index in [2.05, 4.69) is 10.0 Å². The Morgan fingerprint density at radius 2 is 1.85 bits per heavy atom. The molecule has 106 valence electrons. The summed E-state index contributed by atoms with van der Waals surface area (Å²) in [6.07, 6.45) is 0. The van der Waals surface area contributed by atoms with Crippen LogP contribution in [0, 0.1) is 6.92 Å². The summed E-state index contributed by atoms with van der Waals surface area (Å²) in [4.78, 5) is 12.6. The molecular weight excluding hydrogens is 296 g/mol. The summed E-state index contributed by atoms with van der Waals surface area (Å²) >= 11 is 1.15. The quantitative estimate of drug-likeness (QED) is 0.909. The number of hydrogen-bond donors (Lipinski definition) is 2. The molecule has 0 aliphatic rings. The smallest absolute Gasteiger partial charge is 0.263 e. The summed E-state index contributed by atoms with van der Waals surface area (Å²) in [5, 5.41) is 2.48. The van der Waals surface area contributed by atoms with Crippen LogP contribution in [0.1, 0.15) is 14.5 Å². The highest BCUT2D eigenvalue weighted by atomic mass is 32.2. The van der Waals surface area contributed by atoms with Gasteiger partial charge in [-0.2, -0.15) is 0 Å². The average molecular weight is 310 g/mol. The van der Waals surface area contributed by atoms with E-state index in [1.165, 1.54) is 13.1 Å². The lowest BCUT2D eigenvalue weighted by atomic mass is 10.3. The second-order valence-corrected chi connectivity index (χ2v) is 6.99. The van der Waals surface area contributed by atoms with E-state index in [9.17, 15) is 13.2 Å². The zero-order chi connectivity index (χ0) is 14.8. The van der Waals surface area contributed by atoms with E-state index in [0.29, 0.717) is 15.4 Å². The third kappa shape index (κ3) is 3.00. The first-order chi connectivity index (χ1) is 9.44. The molecule has 7 heteroatoms. The molecule has 0 atom stereocenters. The Morgan fingerprint density at radius 3 is 2.45 bits per heavy atom. The molecule has 0 aliphatic heterocycles. The summed E-state index contributed by atoms with van der Waals surface area (Å²) in [6, 6.07) is 10.0. The molecule has 20 heavy (non-hydrogen) atoms. The standard InChI is InChI=1S/C13H14N2O3S2/c1-9-12(8-11(19-9)13(16)14-2)20(17,18)15-10-6-4-3-5-7-10/h3-8,15H,1-2H3,(H,14,16). The SMILES string of the molecule is CNC(=O)c1cc(S(=O)(=O)Nc2ccccc2)c(C)s1. The number of carbonyl (C=O) groups is 1. The maximum Gasteiger partial charge on any atom is 0.263 e. The van der Waals surface area contributed by atoms with Crippen LogP contribution in [0.15, 0.2) is 41.3 Å². The maximum absolute atomic E-state index is 12.3. The number of thiophene rings is 1. The second-order valence-electron chi connectivity index (χ2n) is 4.08. The third-order valence-electron chi connectivity index (χ3n) is 2.64. The van der Waals surface area contributed by atoms with E-state index in [1.807, 2.05) is 0 Å². The molecule has 0 spiro atoms. The van der Waals surface area contributed by atoms with Gasteiger partial charge in [0.1, 0.15) is 4.90 Å². The number of aryl methyl sites for hydroxylation is 1. The molecule has 0 bridgehead atoms. The van der Waals surface area contributed by atoms with Crippen molar-refractivity contribution < 1.29 is 13.2 Å². The molecule has 0 saturated carbocycles. The number of benzene rings is 1. The maximum atomic E-state index is 12.3. The van der Waals surface area contributed by atoms with Crippen LogP contribution < -0.4 is 10.0 Å². The number of anilines is 1. The predicted molar refractivity (Wildman–Crippen MR) is 79.7 cm³/mol. The van der Waals surface area contributed by atoms with Gasteiger partial charge in [-0.3, -0.25) is 9.52 Å². The molecule has 0 fully saturated rings. The van der Waals surface area contributed by atoms with Crippen molar-refractivity contribution in [2.24, 2.45) is 0 Å². The first-order valence-corrected chi connectivity index (χ1v) is 8.14. The molecule has 0 aliphatic carbocycles. The van der Waals surface area contributed by atoms with Crippen LogP contribution in [0.25, 0.3) is 0 Å². The van der Waals surface area contributed by atoms with Crippen molar-refractivity contribution in [2.75, 3.05) is 11.8 Å². The van der Waals surface area contributed by atoms with Gasteiger partial charge < -0.3 is 5.32 Å². The number of nitrogens with one attached hydrogen (secondary N) is 2. The van der Waals surface area contributed by atoms with Gasteiger partial charge in [0.2, 0.25) is 0 Å². The zero-order valence-electron chi connectivity index (χ0n) is 11.0. The topological polar surface area (TPSA) is 75.3 Å². The fourth-order valence-corrected chi connectivity index (χ4v) is 4.28. The van der Waals surface area contributed by atoms with Crippen LogP contribution in [0.3, 0.4) is 0 Å². The van der Waals surface area contributed by atoms with Crippen molar-refractivity contribution in [3.8, 4) is 0 Å². The van der Waals surface area contributed by atoms with E-state index in [4.69, 9.17) is 0 Å². The van der Waals surface area contributed by atoms with Crippen molar-refractivity contribution in [2.45, 2.75) is 11.8 Å². The van der Waals surface area contributed by atoms with Crippen molar-refractivity contribution in [1.82, 2.24) is 5.32 Å². The van der Waals surface area contributed by atoms with E-state index >= 15 is 0 Å². The summed E-state index contributed by atoms with van der Waals surface area (Å²) in [5.74, 6) is -0.292. The number of carbonyl (C=O) groups excluding carboxylic acids is 1. The average Bonchev–Trinajstić information content (AvgIpc) is 2.81. The number of rotatable bonds is 4. The predicted octanol–water partition coefficient (Wildman–Crippen LogP) is 2.22. The fraction of sp³-hybridized carbons (Fsp3) is 0.154. The lowest BCUT2D eigenvalue weighted by Crippen LogP contribution is -2.16. The summed E-state index contributed by atoms with van der Waals surface area (Å²) in [5.41, 5.74) is 0.486. The van der Waals surface area contributed by atoms with Gasteiger partial charge in [0.15, 0.2) is 0 Å². The first kappa shape index (κ1) is 14.5. The Morgan fingerprint density at radius 1 is 1.20 bits per heavy atom. The highest BCUT2D eigenvalue weighted by Crippen LogP contribution is 2.27. The van der Waals surface area contributed by atoms with Gasteiger partial charge in [0, 0.05) is 17.6 Å². The lowest BCUT2D eigenvalue weighted by Gasteiger charge is -2.06.